The van der Waals surface area contributed by atoms with Crippen molar-refractivity contribution < 1.29 is 4.79 Å². The summed E-state index contributed by atoms with van der Waals surface area (Å²) in [6.45, 7) is 19.6. The number of amides is 1. The minimum absolute atomic E-state index is 0.213. The first kappa shape index (κ1) is 21.7. The first-order chi connectivity index (χ1) is 11.7. The van der Waals surface area contributed by atoms with Crippen LogP contribution >= 0.6 is 0 Å². The zero-order valence-corrected chi connectivity index (χ0v) is 18.7. The number of carbonyl (C=O) groups is 1. The molecule has 2 fully saturated rings. The van der Waals surface area contributed by atoms with Crippen LogP contribution in [-0.4, -0.2) is 24.5 Å². The largest absolute Gasteiger partial charge is 0.353 e. The Hall–Kier alpha value is -0.570. The van der Waals surface area contributed by atoms with Crippen LogP contribution in [0.15, 0.2) is 0 Å². The van der Waals surface area contributed by atoms with Crippen LogP contribution in [0.4, 0.5) is 0 Å². The molecule has 2 N–H and O–H groups in total. The molecule has 2 rings (SSSR count). The molecule has 0 aromatic rings. The summed E-state index contributed by atoms with van der Waals surface area (Å²) in [5.74, 6) is 0.213. The van der Waals surface area contributed by atoms with Gasteiger partial charge < -0.3 is 10.6 Å². The second kappa shape index (κ2) is 7.45. The van der Waals surface area contributed by atoms with Crippen LogP contribution in [-0.2, 0) is 4.79 Å². The van der Waals surface area contributed by atoms with Gasteiger partial charge in [0.1, 0.15) is 0 Å². The van der Waals surface area contributed by atoms with Crippen LogP contribution < -0.4 is 10.6 Å². The highest BCUT2D eigenvalue weighted by Crippen LogP contribution is 2.46. The van der Waals surface area contributed by atoms with E-state index in [4.69, 9.17) is 0 Å². The molecule has 2 aliphatic carbocycles. The zero-order valence-electron chi connectivity index (χ0n) is 18.7. The van der Waals surface area contributed by atoms with Gasteiger partial charge in [0.2, 0.25) is 5.91 Å². The van der Waals surface area contributed by atoms with Crippen molar-refractivity contribution in [2.24, 2.45) is 21.7 Å². The highest BCUT2D eigenvalue weighted by atomic mass is 16.1. The molecule has 26 heavy (non-hydrogen) atoms. The zero-order chi connectivity index (χ0) is 19.8. The van der Waals surface area contributed by atoms with Crippen LogP contribution in [0.2, 0.25) is 0 Å². The van der Waals surface area contributed by atoms with E-state index in [9.17, 15) is 4.79 Å². The molecule has 0 aromatic carbocycles. The van der Waals surface area contributed by atoms with Crippen molar-refractivity contribution in [3.8, 4) is 0 Å². The molecule has 0 bridgehead atoms. The van der Waals surface area contributed by atoms with Gasteiger partial charge in [-0.15, -0.1) is 0 Å². The van der Waals surface area contributed by atoms with Gasteiger partial charge in [-0.2, -0.15) is 0 Å². The van der Waals surface area contributed by atoms with E-state index in [1.54, 1.807) is 0 Å². The molecule has 152 valence electrons. The van der Waals surface area contributed by atoms with Gasteiger partial charge in [0.15, 0.2) is 0 Å². The van der Waals surface area contributed by atoms with E-state index in [2.05, 4.69) is 66.0 Å². The van der Waals surface area contributed by atoms with Crippen molar-refractivity contribution in [2.45, 2.75) is 112 Å². The highest BCUT2D eigenvalue weighted by molar-refractivity contribution is 5.76. The molecule has 2 aliphatic rings. The predicted molar refractivity (Wildman–Crippen MR) is 111 cm³/mol. The molecular weight excluding hydrogens is 320 g/mol. The van der Waals surface area contributed by atoms with Crippen LogP contribution in [0.5, 0.6) is 0 Å². The SMILES string of the molecule is CC1(C)CC(NCCC(=O)NC2CC(C)(C)CC(C)(C)C2)CC(C)(C)C1. The molecule has 3 heteroatoms. The van der Waals surface area contributed by atoms with Gasteiger partial charge in [-0.1, -0.05) is 55.4 Å². The molecule has 0 saturated heterocycles. The highest BCUT2D eigenvalue weighted by Gasteiger charge is 2.39. The Morgan fingerprint density at radius 3 is 1.54 bits per heavy atom. The molecule has 3 nitrogen and oxygen atoms in total. The third kappa shape index (κ3) is 6.87. The molecule has 0 heterocycles. The number of carbonyl (C=O) groups excluding carboxylic acids is 1. The molecule has 0 spiro atoms. The first-order valence-corrected chi connectivity index (χ1v) is 10.7. The van der Waals surface area contributed by atoms with E-state index in [-0.39, 0.29) is 5.91 Å². The summed E-state index contributed by atoms with van der Waals surface area (Å²) in [7, 11) is 0. The number of hydrogen-bond donors (Lipinski definition) is 2. The summed E-state index contributed by atoms with van der Waals surface area (Å²) in [5, 5.41) is 6.99. The monoisotopic (exact) mass is 364 g/mol. The summed E-state index contributed by atoms with van der Waals surface area (Å²) in [4.78, 5) is 12.5. The fourth-order valence-corrected chi connectivity index (χ4v) is 6.63. The van der Waals surface area contributed by atoms with Crippen molar-refractivity contribution in [3.63, 3.8) is 0 Å². The van der Waals surface area contributed by atoms with E-state index in [0.717, 1.165) is 19.4 Å². The summed E-state index contributed by atoms with van der Waals surface area (Å²) in [6, 6.07) is 0.864. The van der Waals surface area contributed by atoms with Crippen LogP contribution in [0.3, 0.4) is 0 Å². The van der Waals surface area contributed by atoms with Crippen molar-refractivity contribution in [1.82, 2.24) is 10.6 Å². The molecule has 0 aliphatic heterocycles. The van der Waals surface area contributed by atoms with Crippen molar-refractivity contribution in [1.29, 1.82) is 0 Å². The van der Waals surface area contributed by atoms with Gasteiger partial charge in [0, 0.05) is 25.0 Å². The maximum atomic E-state index is 12.5. The molecule has 0 aromatic heterocycles. The van der Waals surface area contributed by atoms with Gasteiger partial charge in [-0.25, -0.2) is 0 Å². The Morgan fingerprint density at radius 1 is 0.731 bits per heavy atom. The minimum Gasteiger partial charge on any atom is -0.353 e. The average molecular weight is 365 g/mol. The van der Waals surface area contributed by atoms with Gasteiger partial charge in [-0.3, -0.25) is 4.79 Å². The molecule has 2 saturated carbocycles. The van der Waals surface area contributed by atoms with E-state index < -0.39 is 0 Å². The minimum atomic E-state index is 0.213. The first-order valence-electron chi connectivity index (χ1n) is 10.7. The maximum Gasteiger partial charge on any atom is 0.221 e. The van der Waals surface area contributed by atoms with Crippen LogP contribution in [0, 0.1) is 21.7 Å². The Balaban J connectivity index is 1.77. The van der Waals surface area contributed by atoms with Crippen molar-refractivity contribution >= 4 is 5.91 Å². The lowest BCUT2D eigenvalue weighted by Gasteiger charge is -2.45. The average Bonchev–Trinajstić information content (AvgIpc) is 2.29. The number of nitrogens with one attached hydrogen (secondary N) is 2. The van der Waals surface area contributed by atoms with Crippen LogP contribution in [0.1, 0.15) is 100 Å². The van der Waals surface area contributed by atoms with E-state index in [1.807, 2.05) is 0 Å². The van der Waals surface area contributed by atoms with Gasteiger partial charge in [-0.05, 0) is 60.2 Å². The van der Waals surface area contributed by atoms with E-state index in [0.29, 0.717) is 40.2 Å². The Morgan fingerprint density at radius 2 is 1.12 bits per heavy atom. The number of rotatable bonds is 5. The summed E-state index contributed by atoms with van der Waals surface area (Å²) in [6.07, 6.45) is 7.73. The standard InChI is InChI=1S/C23H44N2O/c1-20(2)11-17(12-21(3,4)15-20)24-10-9-19(26)25-18-13-22(5,6)16-23(7,8)14-18/h17-18,24H,9-16H2,1-8H3,(H,25,26). The summed E-state index contributed by atoms with van der Waals surface area (Å²) >= 11 is 0. The quantitative estimate of drug-likeness (QED) is 0.695. The van der Waals surface area contributed by atoms with Crippen molar-refractivity contribution in [3.05, 3.63) is 0 Å². The fourth-order valence-electron chi connectivity index (χ4n) is 6.63. The fraction of sp³-hybridized carbons (Fsp3) is 0.957. The van der Waals surface area contributed by atoms with Crippen LogP contribution in [0.25, 0.3) is 0 Å². The lowest BCUT2D eigenvalue weighted by Crippen LogP contribution is -2.47. The Labute approximate surface area is 162 Å². The Kier molecular flexibility index (Phi) is 6.23. The Bertz CT molecular complexity index is 472. The molecular formula is C23H44N2O. The normalized spacial score (nSPS) is 27.8. The van der Waals surface area contributed by atoms with Gasteiger partial charge in [0.25, 0.3) is 0 Å². The lowest BCUT2D eigenvalue weighted by molar-refractivity contribution is -0.122. The van der Waals surface area contributed by atoms with Gasteiger partial charge in [0.05, 0.1) is 0 Å². The summed E-state index contributed by atoms with van der Waals surface area (Å²) < 4.78 is 0. The van der Waals surface area contributed by atoms with Gasteiger partial charge >= 0.3 is 0 Å². The molecule has 0 atom stereocenters. The smallest absolute Gasteiger partial charge is 0.221 e. The second-order valence-electron chi connectivity index (χ2n) is 12.5. The molecule has 0 radical (unpaired) electrons. The van der Waals surface area contributed by atoms with E-state index >= 15 is 0 Å². The van der Waals surface area contributed by atoms with Crippen molar-refractivity contribution in [2.75, 3.05) is 6.54 Å². The summed E-state index contributed by atoms with van der Waals surface area (Å²) in [5.41, 5.74) is 1.41. The third-order valence-electron chi connectivity index (χ3n) is 6.26. The lowest BCUT2D eigenvalue weighted by atomic mass is 9.63. The molecule has 0 unspecified atom stereocenters. The van der Waals surface area contributed by atoms with E-state index in [1.165, 1.54) is 25.7 Å². The molecule has 1 amide bonds. The topological polar surface area (TPSA) is 41.1 Å². The maximum absolute atomic E-state index is 12.5. The number of hydrogen-bond acceptors (Lipinski definition) is 2. The second-order valence-corrected chi connectivity index (χ2v) is 12.5. The predicted octanol–water partition coefficient (Wildman–Crippen LogP) is 5.29. The third-order valence-corrected chi connectivity index (χ3v) is 6.26.